The lowest BCUT2D eigenvalue weighted by Gasteiger charge is -2.27. The average Bonchev–Trinajstić information content (AvgIpc) is 3.19. The van der Waals surface area contributed by atoms with Gasteiger partial charge in [0, 0.05) is 24.5 Å². The Labute approximate surface area is 148 Å². The maximum Gasteiger partial charge on any atom is 0.183 e. The van der Waals surface area contributed by atoms with Crippen molar-refractivity contribution < 1.29 is 0 Å². The van der Waals surface area contributed by atoms with E-state index in [0.29, 0.717) is 17.2 Å². The SMILES string of the molecule is CCCCCN1Cn2nc(-c3cccnc3)nc2-c2[nH]c(Br)nc21. The van der Waals surface area contributed by atoms with E-state index in [1.165, 1.54) is 12.8 Å². The smallest absolute Gasteiger partial charge is 0.183 e. The normalized spacial score (nSPS) is 13.0. The van der Waals surface area contributed by atoms with E-state index in [2.05, 4.69) is 47.8 Å². The quantitative estimate of drug-likeness (QED) is 0.678. The van der Waals surface area contributed by atoms with Gasteiger partial charge in [-0.05, 0) is 34.5 Å². The van der Waals surface area contributed by atoms with Gasteiger partial charge in [-0.1, -0.05) is 19.8 Å². The molecule has 0 atom stereocenters. The number of halogens is 1. The second kappa shape index (κ2) is 6.35. The van der Waals surface area contributed by atoms with E-state index in [0.717, 1.165) is 35.9 Å². The minimum atomic E-state index is 0.663. The van der Waals surface area contributed by atoms with E-state index in [1.807, 2.05) is 16.8 Å². The number of aromatic amines is 1. The third-order valence-corrected chi connectivity index (χ3v) is 4.48. The summed E-state index contributed by atoms with van der Waals surface area (Å²) in [7, 11) is 0. The van der Waals surface area contributed by atoms with E-state index >= 15 is 0 Å². The van der Waals surface area contributed by atoms with Crippen LogP contribution in [0.3, 0.4) is 0 Å². The Kier molecular flexibility index (Phi) is 4.05. The largest absolute Gasteiger partial charge is 0.335 e. The molecule has 0 saturated carbocycles. The van der Waals surface area contributed by atoms with Crippen molar-refractivity contribution in [1.82, 2.24) is 29.7 Å². The number of nitrogens with one attached hydrogen (secondary N) is 1. The summed E-state index contributed by atoms with van der Waals surface area (Å²) in [5.41, 5.74) is 1.82. The van der Waals surface area contributed by atoms with Gasteiger partial charge in [0.25, 0.3) is 0 Å². The van der Waals surface area contributed by atoms with Crippen molar-refractivity contribution in [1.29, 1.82) is 0 Å². The Morgan fingerprint density at radius 1 is 1.29 bits per heavy atom. The Hall–Kier alpha value is -2.22. The molecule has 3 aromatic rings. The molecule has 0 fully saturated rings. The van der Waals surface area contributed by atoms with Crippen LogP contribution in [0.2, 0.25) is 0 Å². The summed E-state index contributed by atoms with van der Waals surface area (Å²) in [6.07, 6.45) is 7.08. The molecule has 0 amide bonds. The molecule has 0 aliphatic carbocycles. The number of nitrogens with zero attached hydrogens (tertiary/aromatic N) is 6. The van der Waals surface area contributed by atoms with E-state index in [4.69, 9.17) is 4.98 Å². The molecule has 4 rings (SSSR count). The standard InChI is InChI=1S/C16H18BrN7/c1-2-3-4-8-23-10-24-15(12-14(23)21-16(17)19-12)20-13(22-24)11-6-5-7-18-9-11/h5-7,9H,2-4,8,10H2,1H3,(H,19,21). The second-order valence-corrected chi connectivity index (χ2v) is 6.59. The minimum absolute atomic E-state index is 0.663. The van der Waals surface area contributed by atoms with Crippen LogP contribution in [0.1, 0.15) is 26.2 Å². The predicted octanol–water partition coefficient (Wildman–Crippen LogP) is 3.46. The fraction of sp³-hybridized carbons (Fsp3) is 0.375. The highest BCUT2D eigenvalue weighted by atomic mass is 79.9. The number of unbranched alkanes of at least 4 members (excludes halogenated alkanes) is 2. The topological polar surface area (TPSA) is 75.5 Å². The van der Waals surface area contributed by atoms with Gasteiger partial charge in [0.2, 0.25) is 0 Å². The molecule has 0 radical (unpaired) electrons. The van der Waals surface area contributed by atoms with Crippen LogP contribution in [-0.4, -0.2) is 36.3 Å². The van der Waals surface area contributed by atoms with Crippen molar-refractivity contribution in [2.75, 3.05) is 11.4 Å². The van der Waals surface area contributed by atoms with Gasteiger partial charge in [0.15, 0.2) is 22.2 Å². The Morgan fingerprint density at radius 2 is 2.21 bits per heavy atom. The summed E-state index contributed by atoms with van der Waals surface area (Å²) in [6, 6.07) is 3.86. The van der Waals surface area contributed by atoms with Gasteiger partial charge >= 0.3 is 0 Å². The van der Waals surface area contributed by atoms with Crippen LogP contribution in [0.25, 0.3) is 22.9 Å². The first kappa shape index (κ1) is 15.3. The number of rotatable bonds is 5. The molecule has 24 heavy (non-hydrogen) atoms. The number of fused-ring (bicyclic) bond motifs is 3. The summed E-state index contributed by atoms with van der Waals surface area (Å²) in [5.74, 6) is 2.44. The van der Waals surface area contributed by atoms with E-state index < -0.39 is 0 Å². The Morgan fingerprint density at radius 3 is 3.00 bits per heavy atom. The maximum absolute atomic E-state index is 4.70. The summed E-state index contributed by atoms with van der Waals surface area (Å²) in [5, 5.41) is 4.67. The number of aromatic nitrogens is 6. The fourth-order valence-corrected chi connectivity index (χ4v) is 3.29. The molecule has 0 spiro atoms. The zero-order valence-corrected chi connectivity index (χ0v) is 15.0. The van der Waals surface area contributed by atoms with Gasteiger partial charge in [-0.15, -0.1) is 5.10 Å². The third-order valence-electron chi connectivity index (χ3n) is 4.11. The highest BCUT2D eigenvalue weighted by molar-refractivity contribution is 9.10. The molecule has 3 aromatic heterocycles. The molecule has 1 N–H and O–H groups in total. The minimum Gasteiger partial charge on any atom is -0.335 e. The Bertz CT molecular complexity index is 839. The molecular formula is C16H18BrN7. The van der Waals surface area contributed by atoms with Gasteiger partial charge in [0.05, 0.1) is 0 Å². The first-order chi connectivity index (χ1) is 11.8. The van der Waals surface area contributed by atoms with E-state index in [1.54, 1.807) is 12.4 Å². The molecule has 0 aromatic carbocycles. The van der Waals surface area contributed by atoms with Crippen LogP contribution < -0.4 is 4.90 Å². The Balaban J connectivity index is 1.71. The van der Waals surface area contributed by atoms with E-state index in [9.17, 15) is 0 Å². The van der Waals surface area contributed by atoms with Crippen LogP contribution >= 0.6 is 15.9 Å². The number of imidazole rings is 1. The zero-order valence-electron chi connectivity index (χ0n) is 13.4. The van der Waals surface area contributed by atoms with Crippen LogP contribution in [0.15, 0.2) is 29.3 Å². The molecule has 124 valence electrons. The second-order valence-electron chi connectivity index (χ2n) is 5.84. The van der Waals surface area contributed by atoms with Gasteiger partial charge in [-0.2, -0.15) is 0 Å². The summed E-state index contributed by atoms with van der Waals surface area (Å²) in [4.78, 5) is 19.0. The molecule has 1 aliphatic rings. The number of H-pyrrole nitrogens is 1. The van der Waals surface area contributed by atoms with Crippen molar-refractivity contribution >= 4 is 21.7 Å². The van der Waals surface area contributed by atoms with Crippen molar-refractivity contribution in [3.63, 3.8) is 0 Å². The molecule has 7 nitrogen and oxygen atoms in total. The molecule has 1 aliphatic heterocycles. The van der Waals surface area contributed by atoms with Gasteiger partial charge in [-0.3, -0.25) is 4.98 Å². The number of anilines is 1. The molecular weight excluding hydrogens is 370 g/mol. The molecule has 0 unspecified atom stereocenters. The fourth-order valence-electron chi connectivity index (χ4n) is 2.92. The summed E-state index contributed by atoms with van der Waals surface area (Å²) < 4.78 is 2.65. The lowest BCUT2D eigenvalue weighted by atomic mass is 10.2. The lowest BCUT2D eigenvalue weighted by Crippen LogP contribution is -2.32. The predicted molar refractivity (Wildman–Crippen MR) is 95.4 cm³/mol. The maximum atomic E-state index is 4.70. The van der Waals surface area contributed by atoms with Gasteiger partial charge in [-0.25, -0.2) is 14.6 Å². The van der Waals surface area contributed by atoms with Gasteiger partial charge in [0.1, 0.15) is 12.4 Å². The van der Waals surface area contributed by atoms with Crippen molar-refractivity contribution in [2.24, 2.45) is 0 Å². The highest BCUT2D eigenvalue weighted by Crippen LogP contribution is 2.35. The highest BCUT2D eigenvalue weighted by Gasteiger charge is 2.28. The number of hydrogen-bond acceptors (Lipinski definition) is 5. The van der Waals surface area contributed by atoms with Crippen LogP contribution in [0, 0.1) is 0 Å². The molecule has 8 heteroatoms. The molecule has 4 heterocycles. The first-order valence-electron chi connectivity index (χ1n) is 8.12. The molecule has 0 bridgehead atoms. The lowest BCUT2D eigenvalue weighted by molar-refractivity contribution is 0.548. The molecule has 0 saturated heterocycles. The van der Waals surface area contributed by atoms with Crippen LogP contribution in [0.4, 0.5) is 5.82 Å². The van der Waals surface area contributed by atoms with Crippen molar-refractivity contribution in [3.8, 4) is 22.9 Å². The van der Waals surface area contributed by atoms with Crippen molar-refractivity contribution in [3.05, 3.63) is 29.3 Å². The monoisotopic (exact) mass is 387 g/mol. The number of hydrogen-bond donors (Lipinski definition) is 1. The average molecular weight is 388 g/mol. The van der Waals surface area contributed by atoms with Crippen LogP contribution in [-0.2, 0) is 6.67 Å². The van der Waals surface area contributed by atoms with Gasteiger partial charge < -0.3 is 9.88 Å². The summed E-state index contributed by atoms with van der Waals surface area (Å²) >= 11 is 3.44. The van der Waals surface area contributed by atoms with E-state index in [-0.39, 0.29) is 0 Å². The third kappa shape index (κ3) is 2.71. The number of pyridine rings is 1. The van der Waals surface area contributed by atoms with Crippen molar-refractivity contribution in [2.45, 2.75) is 32.9 Å². The first-order valence-corrected chi connectivity index (χ1v) is 8.91. The van der Waals surface area contributed by atoms with Crippen LogP contribution in [0.5, 0.6) is 0 Å². The summed E-state index contributed by atoms with van der Waals surface area (Å²) in [6.45, 7) is 3.83. The zero-order chi connectivity index (χ0) is 16.5.